The number of nitriles is 1. The fraction of sp³-hybridized carbons (Fsp3) is 0.550. The zero-order chi connectivity index (χ0) is 17.9. The number of hydrogen-bond donors (Lipinski definition) is 1. The molecule has 0 aliphatic heterocycles. The van der Waals surface area contributed by atoms with Crippen molar-refractivity contribution in [3.63, 3.8) is 0 Å². The van der Waals surface area contributed by atoms with E-state index in [0.29, 0.717) is 12.5 Å². The van der Waals surface area contributed by atoms with Crippen LogP contribution in [0.1, 0.15) is 52.9 Å². The van der Waals surface area contributed by atoms with Crippen molar-refractivity contribution in [2.24, 2.45) is 10.8 Å². The second-order valence-corrected chi connectivity index (χ2v) is 8.15. The van der Waals surface area contributed by atoms with Gasteiger partial charge in [-0.25, -0.2) is 0 Å². The van der Waals surface area contributed by atoms with Crippen LogP contribution < -0.4 is 5.32 Å². The predicted octanol–water partition coefficient (Wildman–Crippen LogP) is 4.57. The minimum atomic E-state index is 0.148. The van der Waals surface area contributed by atoms with E-state index in [9.17, 15) is 5.26 Å². The van der Waals surface area contributed by atoms with Gasteiger partial charge in [-0.05, 0) is 60.8 Å². The van der Waals surface area contributed by atoms with Crippen LogP contribution in [-0.2, 0) is 0 Å². The molecule has 1 fully saturated rings. The maximum Gasteiger partial charge on any atom is 0.0858 e. The van der Waals surface area contributed by atoms with Gasteiger partial charge in [0, 0.05) is 18.2 Å². The summed E-state index contributed by atoms with van der Waals surface area (Å²) in [6, 6.07) is 11.1. The first-order valence-corrected chi connectivity index (χ1v) is 9.04. The van der Waals surface area contributed by atoms with Gasteiger partial charge in [0.25, 0.3) is 0 Å². The van der Waals surface area contributed by atoms with Crippen molar-refractivity contribution in [1.29, 1.82) is 5.26 Å². The fourth-order valence-corrected chi connectivity index (χ4v) is 3.93. The van der Waals surface area contributed by atoms with Crippen LogP contribution in [0.25, 0.3) is 5.69 Å². The number of aromatic nitrogens is 3. The highest BCUT2D eigenvalue weighted by atomic mass is 15.5. The average Bonchev–Trinajstić information content (AvgIpc) is 3.11. The van der Waals surface area contributed by atoms with E-state index in [4.69, 9.17) is 0 Å². The van der Waals surface area contributed by atoms with Crippen molar-refractivity contribution in [3.8, 4) is 11.8 Å². The Labute approximate surface area is 150 Å². The minimum Gasteiger partial charge on any atom is -0.382 e. The largest absolute Gasteiger partial charge is 0.382 e. The lowest BCUT2D eigenvalue weighted by atomic mass is 9.57. The van der Waals surface area contributed by atoms with Crippen molar-refractivity contribution in [1.82, 2.24) is 15.0 Å². The third-order valence-corrected chi connectivity index (χ3v) is 5.84. The maximum atomic E-state index is 9.27. The molecular formula is C20H27N5. The summed E-state index contributed by atoms with van der Waals surface area (Å²) in [5.74, 6) is 0. The number of rotatable bonds is 4. The third kappa shape index (κ3) is 3.68. The summed E-state index contributed by atoms with van der Waals surface area (Å²) in [6.45, 7) is 6.83. The second-order valence-electron chi connectivity index (χ2n) is 8.15. The highest BCUT2D eigenvalue weighted by Crippen LogP contribution is 2.52. The van der Waals surface area contributed by atoms with Crippen molar-refractivity contribution in [2.75, 3.05) is 5.32 Å². The van der Waals surface area contributed by atoms with Crippen molar-refractivity contribution in [2.45, 2.75) is 58.9 Å². The van der Waals surface area contributed by atoms with Crippen LogP contribution >= 0.6 is 0 Å². The summed E-state index contributed by atoms with van der Waals surface area (Å²) in [7, 11) is 0. The van der Waals surface area contributed by atoms with Gasteiger partial charge in [-0.2, -0.15) is 20.3 Å². The van der Waals surface area contributed by atoms with E-state index in [1.807, 2.05) is 12.1 Å². The Bertz CT molecular complexity index is 711. The van der Waals surface area contributed by atoms with Crippen LogP contribution in [0.4, 0.5) is 5.69 Å². The maximum absolute atomic E-state index is 9.27. The number of nitrogens with zero attached hydrogens (tertiary/aromatic N) is 4. The second kappa shape index (κ2) is 6.87. The number of benzene rings is 1. The first-order valence-electron chi connectivity index (χ1n) is 9.04. The molecule has 0 radical (unpaired) electrons. The molecule has 0 unspecified atom stereocenters. The Hall–Kier alpha value is -2.35. The summed E-state index contributed by atoms with van der Waals surface area (Å²) < 4.78 is 0. The van der Waals surface area contributed by atoms with Crippen LogP contribution in [-0.4, -0.2) is 21.0 Å². The molecule has 0 amide bonds. The molecule has 3 rings (SSSR count). The van der Waals surface area contributed by atoms with Gasteiger partial charge in [-0.3, -0.25) is 0 Å². The smallest absolute Gasteiger partial charge is 0.0858 e. The molecule has 1 aromatic carbocycles. The van der Waals surface area contributed by atoms with Crippen LogP contribution in [0.15, 0.2) is 36.7 Å². The molecule has 1 N–H and O–H groups in total. The highest BCUT2D eigenvalue weighted by molar-refractivity contribution is 5.48. The summed E-state index contributed by atoms with van der Waals surface area (Å²) >= 11 is 0. The molecule has 25 heavy (non-hydrogen) atoms. The molecule has 0 bridgehead atoms. The van der Waals surface area contributed by atoms with Crippen LogP contribution in [0, 0.1) is 22.2 Å². The summed E-state index contributed by atoms with van der Waals surface area (Å²) in [5, 5.41) is 21.2. The first kappa shape index (κ1) is 17.5. The molecule has 0 saturated heterocycles. The Morgan fingerprint density at radius 3 is 2.28 bits per heavy atom. The third-order valence-electron chi connectivity index (χ3n) is 5.84. The first-order chi connectivity index (χ1) is 11.9. The van der Waals surface area contributed by atoms with Crippen molar-refractivity contribution in [3.05, 3.63) is 36.7 Å². The van der Waals surface area contributed by atoms with E-state index in [1.165, 1.54) is 0 Å². The van der Waals surface area contributed by atoms with Crippen molar-refractivity contribution < 1.29 is 0 Å². The quantitative estimate of drug-likeness (QED) is 0.887. The molecule has 0 spiro atoms. The molecule has 2 aromatic rings. The Morgan fingerprint density at radius 2 is 1.76 bits per heavy atom. The van der Waals surface area contributed by atoms with Gasteiger partial charge in [0.2, 0.25) is 0 Å². The molecule has 1 heterocycles. The normalized spacial score (nSPS) is 23.8. The summed E-state index contributed by atoms with van der Waals surface area (Å²) in [6.07, 6.45) is 8.46. The molecule has 132 valence electrons. The zero-order valence-corrected chi connectivity index (χ0v) is 15.4. The van der Waals surface area contributed by atoms with Gasteiger partial charge in [-0.15, -0.1) is 0 Å². The molecular weight excluding hydrogens is 310 g/mol. The average molecular weight is 337 g/mol. The van der Waals surface area contributed by atoms with Gasteiger partial charge >= 0.3 is 0 Å². The van der Waals surface area contributed by atoms with E-state index in [0.717, 1.165) is 37.1 Å². The van der Waals surface area contributed by atoms with E-state index in [-0.39, 0.29) is 10.8 Å². The van der Waals surface area contributed by atoms with E-state index < -0.39 is 0 Å². The Balaban J connectivity index is 1.61. The number of anilines is 1. The van der Waals surface area contributed by atoms with Gasteiger partial charge in [0.15, 0.2) is 0 Å². The van der Waals surface area contributed by atoms with Crippen LogP contribution in [0.5, 0.6) is 0 Å². The van der Waals surface area contributed by atoms with Gasteiger partial charge in [0.1, 0.15) is 0 Å². The summed E-state index contributed by atoms with van der Waals surface area (Å²) in [4.78, 5) is 1.62. The van der Waals surface area contributed by atoms with Crippen LogP contribution in [0.2, 0.25) is 0 Å². The summed E-state index contributed by atoms with van der Waals surface area (Å²) in [5.41, 5.74) is 2.41. The SMILES string of the molecule is CC(C)(C)C1(CC#N)CCC(Nc2ccc(-n3nccn3)cc2)CC1. The predicted molar refractivity (Wildman–Crippen MR) is 99.4 cm³/mol. The van der Waals surface area contributed by atoms with E-state index in [1.54, 1.807) is 17.2 Å². The highest BCUT2D eigenvalue weighted by Gasteiger charge is 2.44. The standard InChI is InChI=1S/C20H27N5/c1-19(2,3)20(12-13-21)10-8-17(9-11-20)24-16-4-6-18(7-5-16)25-22-14-15-23-25/h4-7,14-15,17,24H,8-12H2,1-3H3. The van der Waals surface area contributed by atoms with Crippen molar-refractivity contribution >= 4 is 5.69 Å². The van der Waals surface area contributed by atoms with Crippen LogP contribution in [0.3, 0.4) is 0 Å². The van der Waals surface area contributed by atoms with E-state index >= 15 is 0 Å². The minimum absolute atomic E-state index is 0.148. The van der Waals surface area contributed by atoms with Gasteiger partial charge in [-0.1, -0.05) is 20.8 Å². The fourth-order valence-electron chi connectivity index (χ4n) is 3.93. The topological polar surface area (TPSA) is 66.5 Å². The van der Waals surface area contributed by atoms with Gasteiger partial charge in [0.05, 0.1) is 24.2 Å². The lowest BCUT2D eigenvalue weighted by Gasteiger charge is -2.48. The molecule has 1 aliphatic carbocycles. The Kier molecular flexibility index (Phi) is 4.80. The molecule has 5 heteroatoms. The molecule has 1 aromatic heterocycles. The molecule has 1 aliphatic rings. The number of hydrogen-bond acceptors (Lipinski definition) is 4. The van der Waals surface area contributed by atoms with Gasteiger partial charge < -0.3 is 5.32 Å². The van der Waals surface area contributed by atoms with E-state index in [2.05, 4.69) is 54.5 Å². The number of nitrogens with one attached hydrogen (secondary N) is 1. The molecule has 1 saturated carbocycles. The lowest BCUT2D eigenvalue weighted by molar-refractivity contribution is 0.0405. The zero-order valence-electron chi connectivity index (χ0n) is 15.4. The monoisotopic (exact) mass is 337 g/mol. The Morgan fingerprint density at radius 1 is 1.16 bits per heavy atom. The lowest BCUT2D eigenvalue weighted by Crippen LogP contribution is -2.41. The molecule has 0 atom stereocenters. The molecule has 5 nitrogen and oxygen atoms in total.